The van der Waals surface area contributed by atoms with Crippen molar-refractivity contribution in [3.63, 3.8) is 0 Å². The summed E-state index contributed by atoms with van der Waals surface area (Å²) in [7, 11) is 0. The predicted octanol–water partition coefficient (Wildman–Crippen LogP) is 6.14. The molecule has 158 valence electrons. The van der Waals surface area contributed by atoms with E-state index in [1.165, 1.54) is 17.2 Å². The molecule has 1 saturated carbocycles. The fraction of sp³-hybridized carbons (Fsp3) is 0.320. The molecule has 5 rings (SSSR count). The number of nitrogens with zero attached hydrogens (tertiary/aromatic N) is 2. The molecule has 31 heavy (non-hydrogen) atoms. The van der Waals surface area contributed by atoms with E-state index in [9.17, 15) is 9.18 Å². The fourth-order valence-corrected chi connectivity index (χ4v) is 5.29. The lowest BCUT2D eigenvalue weighted by Crippen LogP contribution is -2.22. The lowest BCUT2D eigenvalue weighted by Gasteiger charge is -2.17. The van der Waals surface area contributed by atoms with Gasteiger partial charge in [0.2, 0.25) is 5.91 Å². The molecule has 0 spiro atoms. The Balaban J connectivity index is 1.29. The number of carbonyl (C=O) groups is 1. The van der Waals surface area contributed by atoms with E-state index in [4.69, 9.17) is 11.6 Å². The first kappa shape index (κ1) is 20.1. The van der Waals surface area contributed by atoms with Gasteiger partial charge in [0.15, 0.2) is 0 Å². The number of nitrogens with one attached hydrogen (secondary N) is 1. The Morgan fingerprint density at radius 3 is 2.84 bits per heavy atom. The molecule has 0 bridgehead atoms. The van der Waals surface area contributed by atoms with E-state index >= 15 is 0 Å². The Hall–Kier alpha value is -2.79. The van der Waals surface area contributed by atoms with Gasteiger partial charge in [0.1, 0.15) is 11.0 Å². The van der Waals surface area contributed by atoms with Crippen molar-refractivity contribution < 1.29 is 9.18 Å². The number of aromatic nitrogens is 2. The van der Waals surface area contributed by atoms with Gasteiger partial charge in [-0.1, -0.05) is 23.3 Å². The van der Waals surface area contributed by atoms with Crippen molar-refractivity contribution in [2.75, 3.05) is 5.32 Å². The first-order valence-electron chi connectivity index (χ1n) is 10.6. The van der Waals surface area contributed by atoms with Crippen LogP contribution in [-0.2, 0) is 4.79 Å². The van der Waals surface area contributed by atoms with Crippen molar-refractivity contribution in [1.82, 2.24) is 9.97 Å². The van der Waals surface area contributed by atoms with Crippen molar-refractivity contribution in [2.24, 2.45) is 17.8 Å². The summed E-state index contributed by atoms with van der Waals surface area (Å²) in [6.07, 6.45) is 8.71. The third kappa shape index (κ3) is 3.94. The molecule has 2 heterocycles. The number of amides is 1. The third-order valence-electron chi connectivity index (χ3n) is 6.80. The molecular weight excluding hydrogens is 413 g/mol. The second-order valence-electron chi connectivity index (χ2n) is 8.68. The van der Waals surface area contributed by atoms with Gasteiger partial charge in [-0.25, -0.2) is 9.37 Å². The summed E-state index contributed by atoms with van der Waals surface area (Å²) in [6, 6.07) is 10.3. The average Bonchev–Trinajstić information content (AvgIpc) is 3.33. The van der Waals surface area contributed by atoms with Gasteiger partial charge in [0.25, 0.3) is 0 Å². The molecule has 1 aromatic carbocycles. The van der Waals surface area contributed by atoms with Crippen LogP contribution in [0.15, 0.2) is 60.4 Å². The van der Waals surface area contributed by atoms with Gasteiger partial charge < -0.3 is 5.32 Å². The number of benzene rings is 1. The zero-order chi connectivity index (χ0) is 21.5. The predicted molar refractivity (Wildman–Crippen MR) is 120 cm³/mol. The van der Waals surface area contributed by atoms with Crippen molar-refractivity contribution >= 4 is 34.1 Å². The molecule has 2 aromatic heterocycles. The summed E-state index contributed by atoms with van der Waals surface area (Å²) >= 11 is 5.81. The van der Waals surface area contributed by atoms with Crippen LogP contribution in [0.5, 0.6) is 0 Å². The minimum absolute atomic E-state index is 0.0255. The first-order chi connectivity index (χ1) is 15.0. The number of hydrogen-bond acceptors (Lipinski definition) is 3. The Kier molecular flexibility index (Phi) is 5.22. The number of fused-ring (bicyclic) bond motifs is 2. The Labute approximate surface area is 185 Å². The number of carbonyl (C=O) groups excluding carboxylic acids is 1. The molecule has 0 radical (unpaired) electrons. The highest BCUT2D eigenvalue weighted by atomic mass is 35.5. The Morgan fingerprint density at radius 1 is 1.19 bits per heavy atom. The maximum Gasteiger partial charge on any atom is 0.231 e. The summed E-state index contributed by atoms with van der Waals surface area (Å²) in [6.45, 7) is 1.96. The minimum Gasteiger partial charge on any atom is -0.324 e. The van der Waals surface area contributed by atoms with Crippen molar-refractivity contribution in [2.45, 2.75) is 32.1 Å². The van der Waals surface area contributed by atoms with Gasteiger partial charge in [0, 0.05) is 11.6 Å². The van der Waals surface area contributed by atoms with E-state index in [1.54, 1.807) is 30.5 Å². The summed E-state index contributed by atoms with van der Waals surface area (Å²) in [5, 5.41) is 4.25. The molecule has 1 fully saturated rings. The summed E-state index contributed by atoms with van der Waals surface area (Å²) in [4.78, 5) is 21.1. The second-order valence-corrected chi connectivity index (χ2v) is 9.07. The van der Waals surface area contributed by atoms with Crippen LogP contribution in [-0.4, -0.2) is 15.9 Å². The van der Waals surface area contributed by atoms with E-state index in [1.807, 2.05) is 19.2 Å². The highest BCUT2D eigenvalue weighted by molar-refractivity contribution is 6.29. The number of halogens is 2. The molecule has 4 atom stereocenters. The van der Waals surface area contributed by atoms with Gasteiger partial charge >= 0.3 is 0 Å². The minimum atomic E-state index is -0.224. The highest BCUT2D eigenvalue weighted by Crippen LogP contribution is 2.51. The normalized spacial score (nSPS) is 23.5. The van der Waals surface area contributed by atoms with Crippen molar-refractivity contribution in [3.05, 3.63) is 77.0 Å². The van der Waals surface area contributed by atoms with E-state index in [-0.39, 0.29) is 17.6 Å². The molecule has 4 nitrogen and oxygen atoms in total. The molecule has 6 heteroatoms. The summed E-state index contributed by atoms with van der Waals surface area (Å²) in [5.74, 6) is 0.953. The molecule has 2 aliphatic carbocycles. The van der Waals surface area contributed by atoms with Gasteiger partial charge in [-0.3, -0.25) is 9.78 Å². The SMILES string of the molecule is CC(C(=O)Nc1ccc(Cl)nc1)C1=C[C@H]2C[C@@H](c3ccnc4ccc(F)cc34)C[C@H]2C1. The molecule has 0 aliphatic heterocycles. The zero-order valence-corrected chi connectivity index (χ0v) is 17.9. The van der Waals surface area contributed by atoms with E-state index in [0.717, 1.165) is 30.2 Å². The van der Waals surface area contributed by atoms with Crippen LogP contribution < -0.4 is 5.32 Å². The van der Waals surface area contributed by atoms with Crippen LogP contribution in [0.2, 0.25) is 5.15 Å². The van der Waals surface area contributed by atoms with Crippen LogP contribution >= 0.6 is 11.6 Å². The molecule has 1 unspecified atom stereocenters. The van der Waals surface area contributed by atoms with Crippen LogP contribution in [0.25, 0.3) is 10.9 Å². The number of hydrogen-bond donors (Lipinski definition) is 1. The molecule has 3 aromatic rings. The number of anilines is 1. The van der Waals surface area contributed by atoms with Gasteiger partial charge in [0.05, 0.1) is 23.3 Å². The van der Waals surface area contributed by atoms with E-state index in [0.29, 0.717) is 28.6 Å². The standard InChI is InChI=1S/C25H23ClFN3O/c1-14(25(31)30-20-3-5-24(26)29-13-20)15-8-16-10-18(11-17(16)9-15)21-6-7-28-23-4-2-19(27)12-22(21)23/h2-8,12-14,16-18H,9-11H2,1H3,(H,30,31)/t14?,16-,17+,18+/m0/s1. The monoisotopic (exact) mass is 435 g/mol. The van der Waals surface area contributed by atoms with Crippen molar-refractivity contribution in [1.29, 1.82) is 0 Å². The summed E-state index contributed by atoms with van der Waals surface area (Å²) in [5.41, 5.74) is 3.89. The fourth-order valence-electron chi connectivity index (χ4n) is 5.18. The van der Waals surface area contributed by atoms with Crippen LogP contribution in [0.1, 0.15) is 37.7 Å². The van der Waals surface area contributed by atoms with E-state index < -0.39 is 0 Å². The molecule has 1 N–H and O–H groups in total. The Bertz CT molecular complexity index is 1180. The molecule has 1 amide bonds. The number of rotatable bonds is 4. The quantitative estimate of drug-likeness (QED) is 0.395. The maximum absolute atomic E-state index is 13.8. The average molecular weight is 436 g/mol. The van der Waals surface area contributed by atoms with E-state index in [2.05, 4.69) is 21.4 Å². The zero-order valence-electron chi connectivity index (χ0n) is 17.2. The second kappa shape index (κ2) is 8.04. The first-order valence-corrected chi connectivity index (χ1v) is 11.0. The number of allylic oxidation sites excluding steroid dienone is 1. The van der Waals surface area contributed by atoms with Crippen LogP contribution in [0.3, 0.4) is 0 Å². The number of pyridine rings is 2. The highest BCUT2D eigenvalue weighted by Gasteiger charge is 2.40. The topological polar surface area (TPSA) is 54.9 Å². The largest absolute Gasteiger partial charge is 0.324 e. The lowest BCUT2D eigenvalue weighted by molar-refractivity contribution is -0.118. The van der Waals surface area contributed by atoms with Crippen LogP contribution in [0.4, 0.5) is 10.1 Å². The smallest absolute Gasteiger partial charge is 0.231 e. The van der Waals surface area contributed by atoms with Crippen LogP contribution in [0, 0.1) is 23.6 Å². The third-order valence-corrected chi connectivity index (χ3v) is 7.02. The van der Waals surface area contributed by atoms with Gasteiger partial charge in [-0.05, 0) is 85.9 Å². The van der Waals surface area contributed by atoms with Gasteiger partial charge in [-0.2, -0.15) is 0 Å². The molecular formula is C25H23ClFN3O. The van der Waals surface area contributed by atoms with Gasteiger partial charge in [-0.15, -0.1) is 0 Å². The maximum atomic E-state index is 13.8. The van der Waals surface area contributed by atoms with Crippen molar-refractivity contribution in [3.8, 4) is 0 Å². The molecule has 2 aliphatic rings. The summed E-state index contributed by atoms with van der Waals surface area (Å²) < 4.78 is 13.8. The lowest BCUT2D eigenvalue weighted by atomic mass is 9.90. The molecule has 0 saturated heterocycles. The Morgan fingerprint density at radius 2 is 2.06 bits per heavy atom.